The quantitative estimate of drug-likeness (QED) is 0.361. The molecule has 36 heavy (non-hydrogen) atoms. The van der Waals surface area contributed by atoms with Crippen molar-refractivity contribution in [3.05, 3.63) is 59.0 Å². The van der Waals surface area contributed by atoms with Gasteiger partial charge in [-0.15, -0.1) is 0 Å². The Balaban J connectivity index is 1.53. The van der Waals surface area contributed by atoms with E-state index < -0.39 is 0 Å². The second-order valence-electron chi connectivity index (χ2n) is 10.5. The first-order chi connectivity index (χ1) is 17.4. The van der Waals surface area contributed by atoms with Gasteiger partial charge in [-0.05, 0) is 79.6 Å². The number of amides is 1. The van der Waals surface area contributed by atoms with E-state index in [0.29, 0.717) is 18.4 Å². The number of aliphatic hydroxyl groups excluding tert-OH is 1. The Bertz CT molecular complexity index is 1390. The third-order valence-corrected chi connectivity index (χ3v) is 7.52. The van der Waals surface area contributed by atoms with Crippen LogP contribution in [0.4, 0.5) is 0 Å². The predicted molar refractivity (Wildman–Crippen MR) is 145 cm³/mol. The van der Waals surface area contributed by atoms with Gasteiger partial charge in [-0.2, -0.15) is 0 Å². The van der Waals surface area contributed by atoms with Crippen molar-refractivity contribution >= 4 is 22.5 Å². The average molecular weight is 488 g/mol. The van der Waals surface area contributed by atoms with E-state index in [0.717, 1.165) is 41.3 Å². The highest BCUT2D eigenvalue weighted by molar-refractivity contribution is 5.92. The van der Waals surface area contributed by atoms with E-state index in [2.05, 4.69) is 61.5 Å². The van der Waals surface area contributed by atoms with Gasteiger partial charge in [0.15, 0.2) is 0 Å². The van der Waals surface area contributed by atoms with Crippen molar-refractivity contribution in [3.8, 4) is 11.3 Å². The topological polar surface area (TPSA) is 85.7 Å². The zero-order valence-electron chi connectivity index (χ0n) is 21.8. The number of benzene rings is 1. The number of pyridine rings is 1. The number of piperidine rings is 1. The minimum absolute atomic E-state index is 0.0437. The molecule has 0 atom stereocenters. The lowest BCUT2D eigenvalue weighted by Gasteiger charge is -2.23. The molecule has 0 spiro atoms. The molecule has 3 aromatic heterocycles. The van der Waals surface area contributed by atoms with Gasteiger partial charge in [0.1, 0.15) is 5.65 Å². The van der Waals surface area contributed by atoms with Crippen LogP contribution in [-0.2, 0) is 11.2 Å². The number of aliphatic hydroxyl groups is 1. The lowest BCUT2D eigenvalue weighted by atomic mass is 9.88. The Kier molecular flexibility index (Phi) is 6.86. The van der Waals surface area contributed by atoms with Gasteiger partial charge in [0, 0.05) is 42.5 Å². The van der Waals surface area contributed by atoms with Crippen LogP contribution in [-0.4, -0.2) is 63.6 Å². The van der Waals surface area contributed by atoms with Crippen LogP contribution in [0.1, 0.15) is 60.9 Å². The van der Waals surface area contributed by atoms with Crippen molar-refractivity contribution in [3.63, 3.8) is 0 Å². The molecule has 1 aliphatic heterocycles. The molecule has 1 fully saturated rings. The maximum Gasteiger partial charge on any atom is 0.228 e. The number of hydrogen-bond acceptors (Lipinski definition) is 4. The summed E-state index contributed by atoms with van der Waals surface area (Å²) in [7, 11) is 1.71. The number of aromatic amines is 1. The van der Waals surface area contributed by atoms with Crippen LogP contribution in [0, 0.1) is 6.92 Å². The molecule has 7 nitrogen and oxygen atoms in total. The summed E-state index contributed by atoms with van der Waals surface area (Å²) >= 11 is 0. The summed E-state index contributed by atoms with van der Waals surface area (Å²) in [6, 6.07) is 9.15. The maximum atomic E-state index is 12.5. The highest BCUT2D eigenvalue weighted by Crippen LogP contribution is 2.38. The van der Waals surface area contributed by atoms with Crippen molar-refractivity contribution in [1.29, 1.82) is 0 Å². The molecule has 1 aliphatic rings. The summed E-state index contributed by atoms with van der Waals surface area (Å²) in [5, 5.41) is 13.9. The number of nitrogens with one attached hydrogen (secondary N) is 2. The molecule has 0 bridgehead atoms. The summed E-state index contributed by atoms with van der Waals surface area (Å²) in [6.07, 6.45) is 6.67. The van der Waals surface area contributed by atoms with Crippen LogP contribution in [0.15, 0.2) is 36.7 Å². The number of fused-ring (bicyclic) bond motifs is 2. The zero-order chi connectivity index (χ0) is 25.4. The van der Waals surface area contributed by atoms with Crippen LogP contribution in [0.2, 0.25) is 0 Å². The molecule has 5 rings (SSSR count). The van der Waals surface area contributed by atoms with Gasteiger partial charge in [-0.1, -0.05) is 19.9 Å². The summed E-state index contributed by atoms with van der Waals surface area (Å²) in [4.78, 5) is 22.5. The van der Waals surface area contributed by atoms with Gasteiger partial charge in [0.05, 0.1) is 24.4 Å². The van der Waals surface area contributed by atoms with E-state index in [1.54, 1.807) is 11.9 Å². The number of rotatable bonds is 7. The minimum atomic E-state index is -0.0485. The zero-order valence-corrected chi connectivity index (χ0v) is 21.8. The smallest absolute Gasteiger partial charge is 0.228 e. The van der Waals surface area contributed by atoms with Crippen molar-refractivity contribution in [1.82, 2.24) is 24.6 Å². The SMILES string of the molecule is Cc1cc(-c2[nH]c3ccc(C4CCNCC4)cc3c2C(C)C)cn2cc(CC(=O)N(C)CCO)nc12. The number of H-pyrrole nitrogens is 1. The summed E-state index contributed by atoms with van der Waals surface area (Å²) in [5.74, 6) is 0.940. The molecule has 0 aliphatic carbocycles. The molecular weight excluding hydrogens is 450 g/mol. The Hall–Kier alpha value is -3.16. The van der Waals surface area contributed by atoms with E-state index in [9.17, 15) is 4.79 Å². The fourth-order valence-corrected chi connectivity index (χ4v) is 5.57. The Morgan fingerprint density at radius 2 is 2.00 bits per heavy atom. The molecule has 4 heterocycles. The normalized spacial score (nSPS) is 14.8. The number of nitrogens with zero attached hydrogens (tertiary/aromatic N) is 3. The first-order valence-electron chi connectivity index (χ1n) is 13.1. The molecule has 0 radical (unpaired) electrons. The standard InChI is InChI=1S/C29H37N5O2/c1-18(2)27-24-14-21(20-7-9-30-10-8-20)5-6-25(24)32-28(27)22-13-19(3)29-31-23(17-34(29)16-22)15-26(36)33(4)11-12-35/h5-6,13-14,16-18,20,30,32,35H,7-12,15H2,1-4H3. The largest absolute Gasteiger partial charge is 0.395 e. The second-order valence-corrected chi connectivity index (χ2v) is 10.5. The predicted octanol–water partition coefficient (Wildman–Crippen LogP) is 4.37. The van der Waals surface area contributed by atoms with Crippen LogP contribution >= 0.6 is 0 Å². The minimum Gasteiger partial charge on any atom is -0.395 e. The highest BCUT2D eigenvalue weighted by Gasteiger charge is 2.21. The third-order valence-electron chi connectivity index (χ3n) is 7.52. The number of likely N-dealkylation sites (N-methyl/N-ethyl adjacent to an activating group) is 1. The first kappa shape index (κ1) is 24.5. The van der Waals surface area contributed by atoms with E-state index in [4.69, 9.17) is 10.1 Å². The van der Waals surface area contributed by atoms with Crippen molar-refractivity contribution in [2.24, 2.45) is 0 Å². The summed E-state index contributed by atoms with van der Waals surface area (Å²) in [6.45, 7) is 9.06. The van der Waals surface area contributed by atoms with Crippen LogP contribution in [0.3, 0.4) is 0 Å². The van der Waals surface area contributed by atoms with Crippen molar-refractivity contribution in [2.45, 2.75) is 51.9 Å². The Morgan fingerprint density at radius 3 is 2.72 bits per heavy atom. The van der Waals surface area contributed by atoms with Crippen molar-refractivity contribution in [2.75, 3.05) is 33.3 Å². The molecule has 4 aromatic rings. The number of aryl methyl sites for hydroxylation is 1. The molecule has 1 saturated heterocycles. The molecule has 1 amide bonds. The van der Waals surface area contributed by atoms with Crippen LogP contribution in [0.5, 0.6) is 0 Å². The molecule has 1 aromatic carbocycles. The van der Waals surface area contributed by atoms with E-state index >= 15 is 0 Å². The fraction of sp³-hybridized carbons (Fsp3) is 0.448. The number of carbonyl (C=O) groups excluding carboxylic acids is 1. The van der Waals surface area contributed by atoms with Gasteiger partial charge in [-0.3, -0.25) is 4.79 Å². The number of aromatic nitrogens is 3. The highest BCUT2D eigenvalue weighted by atomic mass is 16.3. The molecule has 190 valence electrons. The van der Waals surface area contributed by atoms with Gasteiger partial charge >= 0.3 is 0 Å². The van der Waals surface area contributed by atoms with E-state index in [1.165, 1.54) is 34.9 Å². The van der Waals surface area contributed by atoms with Crippen LogP contribution in [0.25, 0.3) is 27.8 Å². The molecule has 0 saturated carbocycles. The van der Waals surface area contributed by atoms with Gasteiger partial charge < -0.3 is 24.7 Å². The monoisotopic (exact) mass is 487 g/mol. The number of hydrogen-bond donors (Lipinski definition) is 3. The second kappa shape index (κ2) is 10.1. The number of imidazole rings is 1. The van der Waals surface area contributed by atoms with Crippen LogP contribution < -0.4 is 5.32 Å². The Morgan fingerprint density at radius 1 is 1.22 bits per heavy atom. The summed E-state index contributed by atoms with van der Waals surface area (Å²) < 4.78 is 2.04. The van der Waals surface area contributed by atoms with Crippen molar-refractivity contribution < 1.29 is 9.90 Å². The lowest BCUT2D eigenvalue weighted by Crippen LogP contribution is -2.30. The van der Waals surface area contributed by atoms with Gasteiger partial charge in [-0.25, -0.2) is 4.98 Å². The molecule has 3 N–H and O–H groups in total. The lowest BCUT2D eigenvalue weighted by molar-refractivity contribution is -0.129. The number of carbonyl (C=O) groups is 1. The van der Waals surface area contributed by atoms with E-state index in [-0.39, 0.29) is 18.9 Å². The fourth-order valence-electron chi connectivity index (χ4n) is 5.57. The summed E-state index contributed by atoms with van der Waals surface area (Å²) in [5.41, 5.74) is 8.90. The van der Waals surface area contributed by atoms with E-state index in [1.807, 2.05) is 10.6 Å². The maximum absolute atomic E-state index is 12.5. The molecular formula is C29H37N5O2. The third kappa shape index (κ3) is 4.65. The first-order valence-corrected chi connectivity index (χ1v) is 13.1. The van der Waals surface area contributed by atoms with Gasteiger partial charge in [0.2, 0.25) is 5.91 Å². The Labute approximate surface area is 212 Å². The van der Waals surface area contributed by atoms with Gasteiger partial charge in [0.25, 0.3) is 0 Å². The molecule has 7 heteroatoms. The average Bonchev–Trinajstić information content (AvgIpc) is 3.45. The molecule has 0 unspecified atom stereocenters.